The first-order valence-corrected chi connectivity index (χ1v) is 7.45. The zero-order valence-corrected chi connectivity index (χ0v) is 12.8. The topological polar surface area (TPSA) is 71.8 Å². The van der Waals surface area contributed by atoms with Crippen LogP contribution >= 0.6 is 0 Å². The number of carbonyl (C=O) groups is 2. The smallest absolute Gasteiger partial charge is 0.334 e. The van der Waals surface area contributed by atoms with Gasteiger partial charge in [-0.1, -0.05) is 6.07 Å². The van der Waals surface area contributed by atoms with Crippen LogP contribution in [-0.4, -0.2) is 51.7 Å². The Morgan fingerprint density at radius 1 is 1.17 bits per heavy atom. The van der Waals surface area contributed by atoms with Gasteiger partial charge in [0.1, 0.15) is 0 Å². The second-order valence-corrected chi connectivity index (χ2v) is 5.62. The van der Waals surface area contributed by atoms with Crippen LogP contribution in [0.15, 0.2) is 48.8 Å². The maximum absolute atomic E-state index is 12.7. The number of carboxylic acid groups (broad SMARTS) is 1. The fourth-order valence-corrected chi connectivity index (χ4v) is 2.74. The minimum Gasteiger partial charge on any atom is -0.479 e. The van der Waals surface area contributed by atoms with E-state index in [9.17, 15) is 9.59 Å². The molecule has 0 radical (unpaired) electrons. The number of hydrogen-bond acceptors (Lipinski definition) is 3. The van der Waals surface area contributed by atoms with Crippen LogP contribution in [-0.2, 0) is 9.53 Å². The van der Waals surface area contributed by atoms with Gasteiger partial charge in [0.2, 0.25) is 0 Å². The molecule has 0 saturated carbocycles. The number of benzene rings is 1. The lowest BCUT2D eigenvalue weighted by Crippen LogP contribution is -2.51. The number of hydrogen-bond donors (Lipinski definition) is 1. The predicted molar refractivity (Wildman–Crippen MR) is 83.6 cm³/mol. The molecule has 6 heteroatoms. The van der Waals surface area contributed by atoms with Gasteiger partial charge in [0.05, 0.1) is 12.6 Å². The van der Waals surface area contributed by atoms with E-state index in [2.05, 4.69) is 0 Å². The average molecular weight is 314 g/mol. The summed E-state index contributed by atoms with van der Waals surface area (Å²) < 4.78 is 7.26. The number of ether oxygens (including phenoxy) is 1. The number of carboxylic acids is 1. The fourth-order valence-electron chi connectivity index (χ4n) is 2.74. The molecule has 1 aliphatic rings. The highest BCUT2D eigenvalue weighted by Crippen LogP contribution is 2.17. The molecule has 0 bridgehead atoms. The van der Waals surface area contributed by atoms with Gasteiger partial charge in [0.25, 0.3) is 5.91 Å². The summed E-state index contributed by atoms with van der Waals surface area (Å²) in [6.07, 6.45) is 2.53. The first kappa shape index (κ1) is 15.3. The molecule has 1 fully saturated rings. The van der Waals surface area contributed by atoms with Crippen molar-refractivity contribution < 1.29 is 19.4 Å². The summed E-state index contributed by atoms with van der Waals surface area (Å²) in [6.45, 7) is 2.22. The van der Waals surface area contributed by atoms with Gasteiger partial charge in [0, 0.05) is 30.2 Å². The number of rotatable bonds is 3. The van der Waals surface area contributed by atoms with E-state index in [0.29, 0.717) is 12.1 Å². The molecule has 2 aromatic rings. The van der Waals surface area contributed by atoms with Crippen LogP contribution in [0, 0.1) is 0 Å². The molecule has 6 nitrogen and oxygen atoms in total. The summed E-state index contributed by atoms with van der Waals surface area (Å²) >= 11 is 0. The lowest BCUT2D eigenvalue weighted by atomic mass is 10.1. The molecule has 3 rings (SSSR count). The number of amides is 1. The van der Waals surface area contributed by atoms with E-state index in [1.807, 2.05) is 41.2 Å². The van der Waals surface area contributed by atoms with Crippen molar-refractivity contribution in [2.24, 2.45) is 0 Å². The second-order valence-electron chi connectivity index (χ2n) is 5.62. The summed E-state index contributed by atoms with van der Waals surface area (Å²) in [5, 5.41) is 9.13. The van der Waals surface area contributed by atoms with Crippen molar-refractivity contribution >= 4 is 11.9 Å². The summed E-state index contributed by atoms with van der Waals surface area (Å²) in [6, 6.07) is 11.1. The Bertz CT molecular complexity index is 711. The molecule has 1 aromatic heterocycles. The molecule has 0 spiro atoms. The molecule has 0 aliphatic carbocycles. The minimum absolute atomic E-state index is 0.0618. The molecule has 1 unspecified atom stereocenters. The number of morpholine rings is 1. The van der Waals surface area contributed by atoms with Crippen LogP contribution in [0.1, 0.15) is 17.3 Å². The third-order valence-electron chi connectivity index (χ3n) is 3.82. The Morgan fingerprint density at radius 2 is 1.91 bits per heavy atom. The van der Waals surface area contributed by atoms with Crippen molar-refractivity contribution in [1.82, 2.24) is 9.47 Å². The third-order valence-corrected chi connectivity index (χ3v) is 3.82. The Labute approximate surface area is 133 Å². The fraction of sp³-hybridized carbons (Fsp3) is 0.294. The largest absolute Gasteiger partial charge is 0.479 e. The highest BCUT2D eigenvalue weighted by molar-refractivity contribution is 5.95. The standard InChI is InChI=1S/C17H18N2O4/c1-12-10-19(11-15(23-12)17(21)22)16(20)13-5-4-6-14(9-13)18-7-2-3-8-18/h2-9,12,15H,10-11H2,1H3,(H,21,22)/t12-,15?/m1/s1. The second kappa shape index (κ2) is 6.26. The molecule has 23 heavy (non-hydrogen) atoms. The van der Waals surface area contributed by atoms with Gasteiger partial charge in [-0.05, 0) is 37.3 Å². The molecular weight excluding hydrogens is 296 g/mol. The quantitative estimate of drug-likeness (QED) is 0.937. The highest BCUT2D eigenvalue weighted by atomic mass is 16.5. The number of aliphatic carboxylic acids is 1. The molecule has 1 saturated heterocycles. The first-order chi connectivity index (χ1) is 11.0. The zero-order valence-electron chi connectivity index (χ0n) is 12.8. The Kier molecular flexibility index (Phi) is 4.16. The van der Waals surface area contributed by atoms with Gasteiger partial charge in [-0.25, -0.2) is 4.79 Å². The van der Waals surface area contributed by atoms with Gasteiger partial charge in [0.15, 0.2) is 6.10 Å². The SMILES string of the molecule is C[C@@H]1CN(C(=O)c2cccc(-n3cccc3)c2)CC(C(=O)O)O1. The monoisotopic (exact) mass is 314 g/mol. The Balaban J connectivity index is 1.82. The molecule has 1 aromatic carbocycles. The van der Waals surface area contributed by atoms with Gasteiger partial charge in [-0.2, -0.15) is 0 Å². The number of nitrogens with zero attached hydrogens (tertiary/aromatic N) is 2. The average Bonchev–Trinajstić information content (AvgIpc) is 3.08. The van der Waals surface area contributed by atoms with E-state index in [4.69, 9.17) is 9.84 Å². The first-order valence-electron chi connectivity index (χ1n) is 7.45. The normalized spacial score (nSPS) is 21.2. The lowest BCUT2D eigenvalue weighted by Gasteiger charge is -2.35. The van der Waals surface area contributed by atoms with Crippen molar-refractivity contribution in [3.8, 4) is 5.69 Å². The highest BCUT2D eigenvalue weighted by Gasteiger charge is 2.33. The molecule has 1 N–H and O–H groups in total. The molecule has 2 heterocycles. The van der Waals surface area contributed by atoms with Crippen LogP contribution < -0.4 is 0 Å². The molecule has 120 valence electrons. The van der Waals surface area contributed by atoms with Crippen LogP contribution in [0.5, 0.6) is 0 Å². The van der Waals surface area contributed by atoms with E-state index in [1.165, 1.54) is 0 Å². The summed E-state index contributed by atoms with van der Waals surface area (Å²) in [7, 11) is 0. The van der Waals surface area contributed by atoms with Crippen molar-refractivity contribution in [1.29, 1.82) is 0 Å². The van der Waals surface area contributed by atoms with E-state index >= 15 is 0 Å². The summed E-state index contributed by atoms with van der Waals surface area (Å²) in [5.74, 6) is -1.23. The van der Waals surface area contributed by atoms with Crippen molar-refractivity contribution in [3.05, 3.63) is 54.4 Å². The van der Waals surface area contributed by atoms with E-state index in [1.54, 1.807) is 24.0 Å². The Hall–Kier alpha value is -2.60. The minimum atomic E-state index is -1.05. The molecular formula is C17H18N2O4. The van der Waals surface area contributed by atoms with Crippen molar-refractivity contribution in [2.45, 2.75) is 19.1 Å². The van der Waals surface area contributed by atoms with Crippen LogP contribution in [0.3, 0.4) is 0 Å². The lowest BCUT2D eigenvalue weighted by molar-refractivity contribution is -0.160. The van der Waals surface area contributed by atoms with Gasteiger partial charge < -0.3 is 19.3 Å². The van der Waals surface area contributed by atoms with E-state index in [0.717, 1.165) is 5.69 Å². The van der Waals surface area contributed by atoms with Crippen LogP contribution in [0.2, 0.25) is 0 Å². The summed E-state index contributed by atoms with van der Waals surface area (Å²) in [5.41, 5.74) is 1.42. The maximum Gasteiger partial charge on any atom is 0.334 e. The van der Waals surface area contributed by atoms with Gasteiger partial charge in [-0.15, -0.1) is 0 Å². The third kappa shape index (κ3) is 3.27. The van der Waals surface area contributed by atoms with Crippen molar-refractivity contribution in [2.75, 3.05) is 13.1 Å². The van der Waals surface area contributed by atoms with Crippen LogP contribution in [0.25, 0.3) is 5.69 Å². The van der Waals surface area contributed by atoms with Crippen LogP contribution in [0.4, 0.5) is 0 Å². The predicted octanol–water partition coefficient (Wildman–Crippen LogP) is 1.79. The molecule has 2 atom stereocenters. The molecule has 1 amide bonds. The molecule has 1 aliphatic heterocycles. The maximum atomic E-state index is 12.7. The summed E-state index contributed by atoms with van der Waals surface area (Å²) in [4.78, 5) is 25.4. The van der Waals surface area contributed by atoms with Crippen molar-refractivity contribution in [3.63, 3.8) is 0 Å². The zero-order chi connectivity index (χ0) is 16.4. The number of carbonyl (C=O) groups excluding carboxylic acids is 1. The van der Waals surface area contributed by atoms with E-state index < -0.39 is 12.1 Å². The van der Waals surface area contributed by atoms with Gasteiger partial charge >= 0.3 is 5.97 Å². The van der Waals surface area contributed by atoms with Gasteiger partial charge in [-0.3, -0.25) is 4.79 Å². The van der Waals surface area contributed by atoms with E-state index in [-0.39, 0.29) is 18.6 Å². The Morgan fingerprint density at radius 3 is 2.61 bits per heavy atom. The number of aromatic nitrogens is 1.